The van der Waals surface area contributed by atoms with Gasteiger partial charge in [0.1, 0.15) is 0 Å². The molecule has 2 heterocycles. The Kier molecular flexibility index (Phi) is 13.7. The predicted octanol–water partition coefficient (Wildman–Crippen LogP) is 2.55. The Balaban J connectivity index is 0.000000399. The number of pyridine rings is 2. The summed E-state index contributed by atoms with van der Waals surface area (Å²) in [7, 11) is 12.5. The van der Waals surface area contributed by atoms with E-state index >= 15 is 0 Å². The van der Waals surface area contributed by atoms with E-state index in [0.29, 0.717) is 21.2 Å². The Hall–Kier alpha value is -0.941. The molecule has 0 aliphatic carbocycles. The summed E-state index contributed by atoms with van der Waals surface area (Å²) >= 11 is 8.64. The van der Waals surface area contributed by atoms with Gasteiger partial charge in [-0.25, -0.2) is 9.59 Å². The zero-order valence-corrected chi connectivity index (χ0v) is 19.1. The van der Waals surface area contributed by atoms with Gasteiger partial charge < -0.3 is 34.7 Å². The fourth-order valence-corrected chi connectivity index (χ4v) is 1.48. The van der Waals surface area contributed by atoms with E-state index in [0.717, 1.165) is 0 Å². The van der Waals surface area contributed by atoms with E-state index in [1.54, 1.807) is 24.3 Å². The molecule has 0 radical (unpaired) electrons. The van der Waals surface area contributed by atoms with E-state index in [9.17, 15) is 9.59 Å². The molecule has 0 saturated heterocycles. The van der Waals surface area contributed by atoms with Crippen LogP contribution in [0, 0.1) is 0 Å². The van der Waals surface area contributed by atoms with Crippen molar-refractivity contribution in [3.8, 4) is 0 Å². The Labute approximate surface area is 174 Å². The molecule has 0 fully saturated rings. The van der Waals surface area contributed by atoms with Crippen LogP contribution in [0.2, 0.25) is 0 Å². The molecule has 2 aromatic heterocycles. The first-order valence-corrected chi connectivity index (χ1v) is 14.3. The maximum absolute atomic E-state index is 10.8. The first-order chi connectivity index (χ1) is 11.9. The number of esters is 2. The van der Waals surface area contributed by atoms with Crippen LogP contribution in [0.1, 0.15) is 20.7 Å². The molecule has 0 atom stereocenters. The fraction of sp³-hybridized carbons (Fsp3) is 0.143. The van der Waals surface area contributed by atoms with Crippen molar-refractivity contribution in [2.75, 3.05) is 14.2 Å². The number of nitrogens with zero attached hydrogens (tertiary/aromatic N) is 2. The molecule has 2 rings (SSSR count). The molecule has 0 spiro atoms. The van der Waals surface area contributed by atoms with Crippen molar-refractivity contribution in [3.05, 3.63) is 47.8 Å². The molecule has 11 heteroatoms. The number of halogens is 2. The number of carbonyl (C=O) groups is 2. The SMILES string of the molecule is COC(=O)c1ccc([S-])nc1.COC(=O)c1ccc([S-])nc1.[Cl][Sn+2][Cl]. The summed E-state index contributed by atoms with van der Waals surface area (Å²) < 4.78 is 8.93. The standard InChI is InChI=1S/2C7H7NO2S.2ClH.Sn/c2*1-10-7(9)5-2-3-6(11)8-4-5;;;/h2*2-4H,1H3,(H,8,11);2*1H;/q;;;;+4/p-4. The molecular weight excluding hydrogens is 514 g/mol. The molecule has 0 aromatic carbocycles. The molecule has 2 aromatic rings. The minimum absolute atomic E-state index is 0.396. The van der Waals surface area contributed by atoms with Crippen LogP contribution in [0.15, 0.2) is 46.7 Å². The molecule has 0 amide bonds. The normalized spacial score (nSPS) is 8.48. The molecule has 132 valence electrons. The maximum atomic E-state index is 10.8. The van der Waals surface area contributed by atoms with Gasteiger partial charge in [-0.2, -0.15) is 0 Å². The second kappa shape index (κ2) is 14.3. The molecule has 0 aliphatic heterocycles. The van der Waals surface area contributed by atoms with Gasteiger partial charge in [-0.15, -0.1) is 0 Å². The van der Waals surface area contributed by atoms with Gasteiger partial charge in [-0.05, 0) is 12.1 Å². The number of ether oxygens (including phenoxy) is 2. The quantitative estimate of drug-likeness (QED) is 0.336. The average Bonchev–Trinajstić information content (AvgIpc) is 2.63. The average molecular weight is 526 g/mol. The molecule has 25 heavy (non-hydrogen) atoms. The van der Waals surface area contributed by atoms with Crippen LogP contribution >= 0.6 is 17.8 Å². The summed E-state index contributed by atoms with van der Waals surface area (Å²) in [6, 6.07) is 6.34. The Morgan fingerprint density at radius 2 is 1.20 bits per heavy atom. The van der Waals surface area contributed by atoms with Gasteiger partial charge in [0, 0.05) is 12.4 Å². The zero-order valence-electron chi connectivity index (χ0n) is 13.1. The summed E-state index contributed by atoms with van der Waals surface area (Å²) in [5.41, 5.74) is 0.835. The summed E-state index contributed by atoms with van der Waals surface area (Å²) in [6.07, 6.45) is 2.79. The Bertz CT molecular complexity index is 603. The number of hydrogen-bond donors (Lipinski definition) is 0. The second-order valence-corrected chi connectivity index (χ2v) is 8.90. The number of carbonyl (C=O) groups excluding carboxylic acids is 2. The van der Waals surface area contributed by atoms with Crippen LogP contribution in [0.3, 0.4) is 0 Å². The van der Waals surface area contributed by atoms with Crippen LogP contribution in [-0.4, -0.2) is 55.0 Å². The fourth-order valence-electron chi connectivity index (χ4n) is 1.24. The first-order valence-electron chi connectivity index (χ1n) is 6.28. The van der Waals surface area contributed by atoms with E-state index in [1.165, 1.54) is 26.6 Å². The van der Waals surface area contributed by atoms with Crippen molar-refractivity contribution in [1.29, 1.82) is 0 Å². The molecule has 0 unspecified atom stereocenters. The zero-order chi connectivity index (χ0) is 19.2. The summed E-state index contributed by atoms with van der Waals surface area (Å²) in [6.45, 7) is 0. The van der Waals surface area contributed by atoms with Crippen LogP contribution in [0.4, 0.5) is 0 Å². The van der Waals surface area contributed by atoms with Gasteiger partial charge in [-0.3, -0.25) is 9.97 Å². The van der Waals surface area contributed by atoms with Crippen molar-refractivity contribution in [3.63, 3.8) is 0 Å². The van der Waals surface area contributed by atoms with E-state index in [4.69, 9.17) is 43.1 Å². The van der Waals surface area contributed by atoms with Crippen LogP contribution < -0.4 is 0 Å². The summed E-state index contributed by atoms with van der Waals surface area (Å²) in [5.74, 6) is -0.792. The molecule has 6 nitrogen and oxygen atoms in total. The molecular formula is C14H12Cl2N2O4S2Sn. The number of rotatable bonds is 2. The summed E-state index contributed by atoms with van der Waals surface area (Å²) in [5, 5.41) is 0.940. The van der Waals surface area contributed by atoms with Gasteiger partial charge in [0.25, 0.3) is 0 Å². The van der Waals surface area contributed by atoms with Gasteiger partial charge >= 0.3 is 48.7 Å². The van der Waals surface area contributed by atoms with Crippen LogP contribution in [0.25, 0.3) is 0 Å². The van der Waals surface area contributed by atoms with Gasteiger partial charge in [0.2, 0.25) is 0 Å². The van der Waals surface area contributed by atoms with Gasteiger partial charge in [-0.1, -0.05) is 22.2 Å². The van der Waals surface area contributed by atoms with Crippen molar-refractivity contribution >= 4 is 73.9 Å². The molecule has 0 aliphatic rings. The molecule has 0 bridgehead atoms. The summed E-state index contributed by atoms with van der Waals surface area (Å²) in [4.78, 5) is 29.2. The van der Waals surface area contributed by atoms with E-state index in [2.05, 4.69) is 19.4 Å². The molecule has 0 saturated carbocycles. The van der Waals surface area contributed by atoms with Crippen molar-refractivity contribution in [2.45, 2.75) is 10.1 Å². The van der Waals surface area contributed by atoms with Crippen LogP contribution in [-0.2, 0) is 34.7 Å². The van der Waals surface area contributed by atoms with E-state index in [1.807, 2.05) is 0 Å². The Morgan fingerprint density at radius 3 is 1.40 bits per heavy atom. The van der Waals surface area contributed by atoms with Crippen molar-refractivity contribution < 1.29 is 19.1 Å². The van der Waals surface area contributed by atoms with Crippen molar-refractivity contribution in [1.82, 2.24) is 9.97 Å². The van der Waals surface area contributed by atoms with Crippen LogP contribution in [0.5, 0.6) is 0 Å². The Morgan fingerprint density at radius 1 is 0.880 bits per heavy atom. The van der Waals surface area contributed by atoms with E-state index < -0.39 is 30.8 Å². The predicted molar refractivity (Wildman–Crippen MR) is 99.9 cm³/mol. The monoisotopic (exact) mass is 526 g/mol. The minimum atomic E-state index is -0.826. The topological polar surface area (TPSA) is 78.4 Å². The van der Waals surface area contributed by atoms with Crippen molar-refractivity contribution in [2.24, 2.45) is 0 Å². The van der Waals surface area contributed by atoms with E-state index in [-0.39, 0.29) is 0 Å². The third-order valence-corrected chi connectivity index (χ3v) is 2.80. The van der Waals surface area contributed by atoms with Gasteiger partial charge in [0.05, 0.1) is 25.3 Å². The first kappa shape index (κ1) is 24.1. The molecule has 0 N–H and O–H groups in total. The second-order valence-electron chi connectivity index (χ2n) is 3.82. The van der Waals surface area contributed by atoms with Gasteiger partial charge in [0.15, 0.2) is 0 Å². The third kappa shape index (κ3) is 10.6. The third-order valence-electron chi connectivity index (χ3n) is 2.31. The number of aromatic nitrogens is 2. The number of methoxy groups -OCH3 is 2. The number of hydrogen-bond acceptors (Lipinski definition) is 8.